The Bertz CT molecular complexity index is 252. The second-order valence-electron chi connectivity index (χ2n) is 3.91. The summed E-state index contributed by atoms with van der Waals surface area (Å²) in [7, 11) is 0. The van der Waals surface area contributed by atoms with Crippen LogP contribution in [-0.4, -0.2) is 22.4 Å². The van der Waals surface area contributed by atoms with Crippen molar-refractivity contribution in [1.82, 2.24) is 15.1 Å². The lowest BCUT2D eigenvalue weighted by atomic mass is 10.3. The number of aromatic nitrogens is 2. The van der Waals surface area contributed by atoms with Crippen LogP contribution in [0.25, 0.3) is 0 Å². The van der Waals surface area contributed by atoms with Crippen molar-refractivity contribution in [2.45, 2.75) is 39.8 Å². The van der Waals surface area contributed by atoms with E-state index in [1.807, 2.05) is 10.9 Å². The Kier molecular flexibility index (Phi) is 3.48. The molecule has 0 saturated carbocycles. The maximum Gasteiger partial charge on any atom is 0.0615 e. The minimum absolute atomic E-state index is 0.427. The van der Waals surface area contributed by atoms with Crippen LogP contribution in [0, 0.1) is 6.92 Å². The van der Waals surface area contributed by atoms with E-state index in [1.165, 1.54) is 5.56 Å². The average molecular weight is 181 g/mol. The number of hydrogen-bond donors (Lipinski definition) is 1. The van der Waals surface area contributed by atoms with Gasteiger partial charge in [0.15, 0.2) is 0 Å². The van der Waals surface area contributed by atoms with Crippen molar-refractivity contribution < 1.29 is 0 Å². The van der Waals surface area contributed by atoms with Crippen LogP contribution in [0.3, 0.4) is 0 Å². The average Bonchev–Trinajstić information content (AvgIpc) is 2.47. The maximum atomic E-state index is 4.27. The Hall–Kier alpha value is -0.830. The quantitative estimate of drug-likeness (QED) is 0.767. The standard InChI is InChI=1S/C10H19N3/c1-8(2)11-6-10(4)13-7-9(3)5-12-13/h5,7-8,10-11H,6H2,1-4H3. The van der Waals surface area contributed by atoms with Gasteiger partial charge in [0.05, 0.1) is 12.2 Å². The molecule has 3 heteroatoms. The van der Waals surface area contributed by atoms with E-state index >= 15 is 0 Å². The molecule has 1 aromatic heterocycles. The smallest absolute Gasteiger partial charge is 0.0615 e. The molecule has 0 aliphatic heterocycles. The zero-order valence-electron chi connectivity index (χ0n) is 8.91. The second-order valence-corrected chi connectivity index (χ2v) is 3.91. The zero-order chi connectivity index (χ0) is 9.84. The van der Waals surface area contributed by atoms with Gasteiger partial charge in [-0.2, -0.15) is 5.10 Å². The molecule has 0 radical (unpaired) electrons. The summed E-state index contributed by atoms with van der Waals surface area (Å²) in [6.07, 6.45) is 3.97. The van der Waals surface area contributed by atoms with E-state index in [0.717, 1.165) is 6.54 Å². The molecule has 1 atom stereocenters. The molecular formula is C10H19N3. The van der Waals surface area contributed by atoms with E-state index in [0.29, 0.717) is 12.1 Å². The summed E-state index contributed by atoms with van der Waals surface area (Å²) in [5.74, 6) is 0. The summed E-state index contributed by atoms with van der Waals surface area (Å²) in [5, 5.41) is 7.66. The molecule has 1 N–H and O–H groups in total. The Labute approximate surface area is 80.1 Å². The third kappa shape index (κ3) is 3.19. The van der Waals surface area contributed by atoms with Gasteiger partial charge in [-0.25, -0.2) is 0 Å². The first-order chi connectivity index (χ1) is 6.09. The second kappa shape index (κ2) is 4.42. The molecule has 0 aromatic carbocycles. The number of rotatable bonds is 4. The molecule has 1 aromatic rings. The van der Waals surface area contributed by atoms with Crippen molar-refractivity contribution in [3.8, 4) is 0 Å². The molecule has 0 fully saturated rings. The van der Waals surface area contributed by atoms with E-state index in [4.69, 9.17) is 0 Å². The fourth-order valence-corrected chi connectivity index (χ4v) is 1.17. The highest BCUT2D eigenvalue weighted by molar-refractivity contribution is 5.00. The van der Waals surface area contributed by atoms with Crippen molar-refractivity contribution in [3.63, 3.8) is 0 Å². The van der Waals surface area contributed by atoms with E-state index in [2.05, 4.69) is 44.3 Å². The number of aryl methyl sites for hydroxylation is 1. The largest absolute Gasteiger partial charge is 0.312 e. The van der Waals surface area contributed by atoms with Gasteiger partial charge in [-0.1, -0.05) is 13.8 Å². The fourth-order valence-electron chi connectivity index (χ4n) is 1.17. The van der Waals surface area contributed by atoms with Crippen molar-refractivity contribution in [3.05, 3.63) is 18.0 Å². The molecule has 0 saturated heterocycles. The molecule has 0 aliphatic rings. The molecule has 1 rings (SSSR count). The van der Waals surface area contributed by atoms with E-state index in [-0.39, 0.29) is 0 Å². The molecule has 1 unspecified atom stereocenters. The SMILES string of the molecule is Cc1cnn(C(C)CNC(C)C)c1. The Morgan fingerprint density at radius 1 is 1.46 bits per heavy atom. The van der Waals surface area contributed by atoms with Gasteiger partial charge in [0.2, 0.25) is 0 Å². The lowest BCUT2D eigenvalue weighted by molar-refractivity contribution is 0.433. The number of nitrogens with zero attached hydrogens (tertiary/aromatic N) is 2. The molecule has 0 bridgehead atoms. The van der Waals surface area contributed by atoms with Crippen LogP contribution >= 0.6 is 0 Å². The molecule has 74 valence electrons. The van der Waals surface area contributed by atoms with Crippen molar-refractivity contribution >= 4 is 0 Å². The zero-order valence-corrected chi connectivity index (χ0v) is 8.91. The van der Waals surface area contributed by atoms with Crippen LogP contribution in [0.1, 0.15) is 32.4 Å². The van der Waals surface area contributed by atoms with Crippen molar-refractivity contribution in [2.75, 3.05) is 6.54 Å². The Balaban J connectivity index is 2.44. The topological polar surface area (TPSA) is 29.9 Å². The molecular weight excluding hydrogens is 162 g/mol. The van der Waals surface area contributed by atoms with Crippen LogP contribution in [-0.2, 0) is 0 Å². The van der Waals surface area contributed by atoms with Gasteiger partial charge >= 0.3 is 0 Å². The summed E-state index contributed by atoms with van der Waals surface area (Å²) >= 11 is 0. The highest BCUT2D eigenvalue weighted by Gasteiger charge is 2.05. The van der Waals surface area contributed by atoms with Gasteiger partial charge in [-0.15, -0.1) is 0 Å². The normalized spacial score (nSPS) is 13.6. The summed E-state index contributed by atoms with van der Waals surface area (Å²) in [5.41, 5.74) is 1.22. The van der Waals surface area contributed by atoms with Gasteiger partial charge in [0, 0.05) is 18.8 Å². The molecule has 1 heterocycles. The van der Waals surface area contributed by atoms with Crippen LogP contribution in [0.15, 0.2) is 12.4 Å². The number of hydrogen-bond acceptors (Lipinski definition) is 2. The van der Waals surface area contributed by atoms with Gasteiger partial charge in [-0.05, 0) is 19.4 Å². The van der Waals surface area contributed by atoms with Gasteiger partial charge < -0.3 is 5.32 Å². The molecule has 0 aliphatic carbocycles. The first-order valence-electron chi connectivity index (χ1n) is 4.83. The van der Waals surface area contributed by atoms with E-state index in [9.17, 15) is 0 Å². The third-order valence-electron chi connectivity index (χ3n) is 2.00. The maximum absolute atomic E-state index is 4.27. The Morgan fingerprint density at radius 2 is 2.15 bits per heavy atom. The van der Waals surface area contributed by atoms with Crippen LogP contribution < -0.4 is 5.32 Å². The lowest BCUT2D eigenvalue weighted by Gasteiger charge is -2.15. The summed E-state index contributed by atoms with van der Waals surface area (Å²) in [4.78, 5) is 0. The fraction of sp³-hybridized carbons (Fsp3) is 0.700. The number of nitrogens with one attached hydrogen (secondary N) is 1. The van der Waals surface area contributed by atoms with Gasteiger partial charge in [0.25, 0.3) is 0 Å². The first kappa shape index (κ1) is 10.3. The highest BCUT2D eigenvalue weighted by Crippen LogP contribution is 2.04. The van der Waals surface area contributed by atoms with Gasteiger partial charge in [0.1, 0.15) is 0 Å². The predicted molar refractivity (Wildman–Crippen MR) is 54.8 cm³/mol. The van der Waals surface area contributed by atoms with Gasteiger partial charge in [-0.3, -0.25) is 4.68 Å². The minimum Gasteiger partial charge on any atom is -0.312 e. The molecule has 0 spiro atoms. The summed E-state index contributed by atoms with van der Waals surface area (Å²) < 4.78 is 2.00. The van der Waals surface area contributed by atoms with E-state index in [1.54, 1.807) is 0 Å². The summed E-state index contributed by atoms with van der Waals surface area (Å²) in [6, 6.07) is 0.968. The first-order valence-corrected chi connectivity index (χ1v) is 4.83. The predicted octanol–water partition coefficient (Wildman–Crippen LogP) is 1.75. The molecule has 13 heavy (non-hydrogen) atoms. The summed E-state index contributed by atoms with van der Waals surface area (Å²) in [6.45, 7) is 9.51. The van der Waals surface area contributed by atoms with E-state index < -0.39 is 0 Å². The molecule has 0 amide bonds. The highest BCUT2D eigenvalue weighted by atomic mass is 15.3. The van der Waals surface area contributed by atoms with Crippen LogP contribution in [0.5, 0.6) is 0 Å². The lowest BCUT2D eigenvalue weighted by Crippen LogP contribution is -2.29. The third-order valence-corrected chi connectivity index (χ3v) is 2.00. The van der Waals surface area contributed by atoms with Crippen molar-refractivity contribution in [2.24, 2.45) is 0 Å². The van der Waals surface area contributed by atoms with Crippen molar-refractivity contribution in [1.29, 1.82) is 0 Å². The minimum atomic E-state index is 0.427. The van der Waals surface area contributed by atoms with Crippen LogP contribution in [0.4, 0.5) is 0 Å². The Morgan fingerprint density at radius 3 is 2.62 bits per heavy atom. The van der Waals surface area contributed by atoms with Crippen LogP contribution in [0.2, 0.25) is 0 Å². The monoisotopic (exact) mass is 181 g/mol. The molecule has 3 nitrogen and oxygen atoms in total.